The van der Waals surface area contributed by atoms with E-state index in [9.17, 15) is 9.59 Å². The Morgan fingerprint density at radius 3 is 2.71 bits per heavy atom. The standard InChI is InChI=1S/C22H22N6O3/c1-26-20(29)10-19(18-6-7-23-13-24-18)25-22(26)28-12-15-9-16(28)11-27(15)21(30)14-4-3-5-17(8-14)31-2/h3-8,10,13,15-16H,9,11-12H2,1-2H3/t15?,16-/m1/s1. The molecule has 0 radical (unpaired) electrons. The smallest absolute Gasteiger partial charge is 0.255 e. The van der Waals surface area contributed by atoms with Crippen molar-refractivity contribution in [2.24, 2.45) is 7.05 Å². The first-order chi connectivity index (χ1) is 15.0. The minimum absolute atomic E-state index is 0.00244. The van der Waals surface area contributed by atoms with Crippen molar-refractivity contribution in [3.05, 3.63) is 64.8 Å². The highest BCUT2D eigenvalue weighted by Crippen LogP contribution is 2.35. The van der Waals surface area contributed by atoms with Crippen LogP contribution in [-0.4, -0.2) is 62.6 Å². The van der Waals surface area contributed by atoms with Crippen LogP contribution in [0, 0.1) is 0 Å². The number of likely N-dealkylation sites (tertiary alicyclic amines) is 1. The number of amides is 1. The summed E-state index contributed by atoms with van der Waals surface area (Å²) in [4.78, 5) is 42.6. The van der Waals surface area contributed by atoms with E-state index in [1.54, 1.807) is 37.1 Å². The van der Waals surface area contributed by atoms with Gasteiger partial charge in [-0.05, 0) is 30.7 Å². The van der Waals surface area contributed by atoms with Crippen LogP contribution in [0.3, 0.4) is 0 Å². The lowest BCUT2D eigenvalue weighted by atomic mass is 10.1. The van der Waals surface area contributed by atoms with E-state index in [4.69, 9.17) is 9.72 Å². The second-order valence-corrected chi connectivity index (χ2v) is 7.82. The number of ether oxygens (including phenoxy) is 1. The summed E-state index contributed by atoms with van der Waals surface area (Å²) in [6.45, 7) is 1.22. The van der Waals surface area contributed by atoms with Crippen molar-refractivity contribution in [1.29, 1.82) is 0 Å². The molecule has 2 aliphatic rings. The van der Waals surface area contributed by atoms with Gasteiger partial charge in [0.05, 0.1) is 30.6 Å². The molecular formula is C22H22N6O3. The molecule has 1 amide bonds. The number of carbonyl (C=O) groups excluding carboxylic acids is 1. The molecule has 2 fully saturated rings. The number of methoxy groups -OCH3 is 1. The fourth-order valence-corrected chi connectivity index (χ4v) is 4.44. The molecule has 0 spiro atoms. The Kier molecular flexibility index (Phi) is 4.65. The van der Waals surface area contributed by atoms with Gasteiger partial charge < -0.3 is 14.5 Å². The van der Waals surface area contributed by atoms with Gasteiger partial charge in [-0.1, -0.05) is 6.07 Å². The lowest BCUT2D eigenvalue weighted by Crippen LogP contribution is -2.50. The van der Waals surface area contributed by atoms with Gasteiger partial charge in [0, 0.05) is 38.0 Å². The summed E-state index contributed by atoms with van der Waals surface area (Å²) < 4.78 is 6.80. The maximum atomic E-state index is 13.1. The monoisotopic (exact) mass is 418 g/mol. The van der Waals surface area contributed by atoms with Gasteiger partial charge in [0.25, 0.3) is 11.5 Å². The van der Waals surface area contributed by atoms with E-state index in [1.165, 1.54) is 12.4 Å². The van der Waals surface area contributed by atoms with Crippen LogP contribution in [0.25, 0.3) is 11.4 Å². The molecule has 31 heavy (non-hydrogen) atoms. The molecule has 1 aromatic carbocycles. The predicted molar refractivity (Wildman–Crippen MR) is 114 cm³/mol. The number of anilines is 1. The number of rotatable bonds is 4. The molecule has 4 heterocycles. The maximum Gasteiger partial charge on any atom is 0.255 e. The fourth-order valence-electron chi connectivity index (χ4n) is 4.44. The lowest BCUT2D eigenvalue weighted by molar-refractivity contribution is 0.0724. The average Bonchev–Trinajstić information content (AvgIpc) is 3.42. The summed E-state index contributed by atoms with van der Waals surface area (Å²) in [5.41, 5.74) is 1.60. The van der Waals surface area contributed by atoms with Gasteiger partial charge in [-0.2, -0.15) is 0 Å². The Hall–Kier alpha value is -3.75. The maximum absolute atomic E-state index is 13.1. The summed E-state index contributed by atoms with van der Waals surface area (Å²) in [5.74, 6) is 1.27. The van der Waals surface area contributed by atoms with E-state index in [2.05, 4.69) is 14.9 Å². The highest BCUT2D eigenvalue weighted by Gasteiger charge is 2.46. The number of hydrogen-bond donors (Lipinski definition) is 0. The van der Waals surface area contributed by atoms with Gasteiger partial charge in [0.15, 0.2) is 0 Å². The predicted octanol–water partition coefficient (Wildman–Crippen LogP) is 1.35. The van der Waals surface area contributed by atoms with Crippen molar-refractivity contribution in [1.82, 2.24) is 24.4 Å². The Morgan fingerprint density at radius 2 is 2.00 bits per heavy atom. The molecule has 5 rings (SSSR count). The quantitative estimate of drug-likeness (QED) is 0.631. The fraction of sp³-hybridized carbons (Fsp3) is 0.318. The van der Waals surface area contributed by atoms with Gasteiger partial charge >= 0.3 is 0 Å². The molecule has 9 heteroatoms. The van der Waals surface area contributed by atoms with Crippen LogP contribution in [0.5, 0.6) is 5.75 Å². The van der Waals surface area contributed by atoms with Crippen LogP contribution in [0.15, 0.2) is 53.7 Å². The first kappa shape index (κ1) is 19.2. The zero-order chi connectivity index (χ0) is 21.5. The molecule has 0 aliphatic carbocycles. The molecule has 0 saturated carbocycles. The Morgan fingerprint density at radius 1 is 1.13 bits per heavy atom. The SMILES string of the molecule is COc1cccc(C(=O)N2C[C@H]3CC2CN3c2nc(-c3ccncn3)cc(=O)n2C)c1. The summed E-state index contributed by atoms with van der Waals surface area (Å²) >= 11 is 0. The topological polar surface area (TPSA) is 93.5 Å². The zero-order valence-corrected chi connectivity index (χ0v) is 17.3. The number of hydrogen-bond acceptors (Lipinski definition) is 7. The van der Waals surface area contributed by atoms with Crippen molar-refractivity contribution in [2.75, 3.05) is 25.1 Å². The van der Waals surface area contributed by atoms with E-state index in [0.29, 0.717) is 41.7 Å². The van der Waals surface area contributed by atoms with Crippen LogP contribution in [-0.2, 0) is 7.05 Å². The minimum Gasteiger partial charge on any atom is -0.497 e. The number of aromatic nitrogens is 4. The summed E-state index contributed by atoms with van der Waals surface area (Å²) in [5, 5.41) is 0. The summed E-state index contributed by atoms with van der Waals surface area (Å²) in [6, 6.07) is 10.6. The van der Waals surface area contributed by atoms with Crippen LogP contribution in [0.4, 0.5) is 5.95 Å². The molecule has 2 aliphatic heterocycles. The van der Waals surface area contributed by atoms with E-state index in [-0.39, 0.29) is 23.6 Å². The largest absolute Gasteiger partial charge is 0.497 e. The van der Waals surface area contributed by atoms with Crippen molar-refractivity contribution in [2.45, 2.75) is 18.5 Å². The number of piperazine rings is 1. The third-order valence-electron chi connectivity index (χ3n) is 6.03. The molecule has 158 valence electrons. The summed E-state index contributed by atoms with van der Waals surface area (Å²) in [7, 11) is 3.31. The molecule has 1 unspecified atom stereocenters. The minimum atomic E-state index is -0.148. The van der Waals surface area contributed by atoms with Crippen LogP contribution in [0.1, 0.15) is 16.8 Å². The van der Waals surface area contributed by atoms with Crippen LogP contribution in [0.2, 0.25) is 0 Å². The summed E-state index contributed by atoms with van der Waals surface area (Å²) in [6.07, 6.45) is 3.92. The van der Waals surface area contributed by atoms with Crippen molar-refractivity contribution in [3.63, 3.8) is 0 Å². The van der Waals surface area contributed by atoms with Gasteiger partial charge in [0.1, 0.15) is 12.1 Å². The molecule has 2 aromatic heterocycles. The second kappa shape index (κ2) is 7.50. The second-order valence-electron chi connectivity index (χ2n) is 7.82. The molecular weight excluding hydrogens is 396 g/mol. The third-order valence-corrected chi connectivity index (χ3v) is 6.03. The van der Waals surface area contributed by atoms with Crippen LogP contribution < -0.4 is 15.2 Å². The normalized spacial score (nSPS) is 19.7. The van der Waals surface area contributed by atoms with E-state index in [0.717, 1.165) is 6.42 Å². The molecule has 9 nitrogen and oxygen atoms in total. The highest BCUT2D eigenvalue weighted by atomic mass is 16.5. The van der Waals surface area contributed by atoms with E-state index in [1.807, 2.05) is 23.1 Å². The number of nitrogens with zero attached hydrogens (tertiary/aromatic N) is 6. The molecule has 0 N–H and O–H groups in total. The molecule has 2 saturated heterocycles. The number of benzene rings is 1. The third kappa shape index (κ3) is 3.31. The highest BCUT2D eigenvalue weighted by molar-refractivity contribution is 5.95. The van der Waals surface area contributed by atoms with Gasteiger partial charge in [-0.3, -0.25) is 14.2 Å². The van der Waals surface area contributed by atoms with E-state index < -0.39 is 0 Å². The van der Waals surface area contributed by atoms with Gasteiger partial charge in [-0.25, -0.2) is 15.0 Å². The number of carbonyl (C=O) groups is 1. The Labute approximate surface area is 178 Å². The van der Waals surface area contributed by atoms with Crippen molar-refractivity contribution in [3.8, 4) is 17.1 Å². The van der Waals surface area contributed by atoms with Gasteiger partial charge in [0.2, 0.25) is 5.95 Å². The lowest BCUT2D eigenvalue weighted by Gasteiger charge is -2.35. The Balaban J connectivity index is 1.40. The van der Waals surface area contributed by atoms with Crippen molar-refractivity contribution >= 4 is 11.9 Å². The first-order valence-electron chi connectivity index (χ1n) is 10.1. The van der Waals surface area contributed by atoms with E-state index >= 15 is 0 Å². The van der Waals surface area contributed by atoms with Gasteiger partial charge in [-0.15, -0.1) is 0 Å². The Bertz CT molecular complexity index is 1200. The molecule has 2 atom stereocenters. The van der Waals surface area contributed by atoms with Crippen LogP contribution >= 0.6 is 0 Å². The molecule has 3 aromatic rings. The zero-order valence-electron chi connectivity index (χ0n) is 17.3. The number of fused-ring (bicyclic) bond motifs is 2. The van der Waals surface area contributed by atoms with Crippen molar-refractivity contribution < 1.29 is 9.53 Å². The average molecular weight is 418 g/mol. The molecule has 2 bridgehead atoms. The first-order valence-corrected chi connectivity index (χ1v) is 10.1.